The standard InChI is InChI=1S/C25H29ClF3N5O3/c1-15(2)31-24(37)33-21-8-5-17(25(27,28)29)11-20(21)23(36)30-12-22(35)32-19-9-10-34(14-19)13-16-3-6-18(26)7-4-16/h3-8,11,15,19H,9-10,12-14H2,1-2H3,(H,30,36)(H,32,35)(H2,31,33,37)/t19-/m1/s1. The SMILES string of the molecule is CC(C)NC(=O)Nc1ccc(C(F)(F)F)cc1C(=O)NCC(=O)N[C@@H]1CCN(Cc2ccc(Cl)cc2)C1. The number of hydrogen-bond donors (Lipinski definition) is 4. The Morgan fingerprint density at radius 2 is 1.81 bits per heavy atom. The molecule has 1 fully saturated rings. The summed E-state index contributed by atoms with van der Waals surface area (Å²) in [6.45, 7) is 5.09. The molecule has 0 bridgehead atoms. The second kappa shape index (κ2) is 12.3. The van der Waals surface area contributed by atoms with Crippen LogP contribution < -0.4 is 21.3 Å². The van der Waals surface area contributed by atoms with Gasteiger partial charge in [0.15, 0.2) is 0 Å². The zero-order chi connectivity index (χ0) is 27.2. The van der Waals surface area contributed by atoms with Gasteiger partial charge in [-0.3, -0.25) is 14.5 Å². The molecule has 1 heterocycles. The van der Waals surface area contributed by atoms with Crippen molar-refractivity contribution in [2.45, 2.75) is 45.1 Å². The van der Waals surface area contributed by atoms with Crippen molar-refractivity contribution in [3.8, 4) is 0 Å². The third kappa shape index (κ3) is 8.64. The van der Waals surface area contributed by atoms with Crippen molar-refractivity contribution in [3.63, 3.8) is 0 Å². The summed E-state index contributed by atoms with van der Waals surface area (Å²) in [5, 5.41) is 10.8. The van der Waals surface area contributed by atoms with Gasteiger partial charge in [-0.2, -0.15) is 13.2 Å². The maximum Gasteiger partial charge on any atom is 0.416 e. The van der Waals surface area contributed by atoms with Crippen molar-refractivity contribution < 1.29 is 27.6 Å². The van der Waals surface area contributed by atoms with Crippen molar-refractivity contribution in [2.75, 3.05) is 25.0 Å². The lowest BCUT2D eigenvalue weighted by molar-refractivity contribution is -0.137. The van der Waals surface area contributed by atoms with Crippen molar-refractivity contribution in [3.05, 3.63) is 64.2 Å². The second-order valence-corrected chi connectivity index (χ2v) is 9.55. The van der Waals surface area contributed by atoms with Crippen LogP contribution in [0.1, 0.15) is 41.8 Å². The van der Waals surface area contributed by atoms with Crippen LogP contribution in [0.2, 0.25) is 5.02 Å². The number of rotatable bonds is 8. The molecule has 1 saturated heterocycles. The number of nitrogens with zero attached hydrogens (tertiary/aromatic N) is 1. The van der Waals surface area contributed by atoms with Gasteiger partial charge in [-0.05, 0) is 56.2 Å². The summed E-state index contributed by atoms with van der Waals surface area (Å²) in [7, 11) is 0. The van der Waals surface area contributed by atoms with Gasteiger partial charge in [0.25, 0.3) is 5.91 Å². The van der Waals surface area contributed by atoms with E-state index in [1.54, 1.807) is 13.8 Å². The van der Waals surface area contributed by atoms with Gasteiger partial charge >= 0.3 is 12.2 Å². The van der Waals surface area contributed by atoms with Crippen molar-refractivity contribution >= 4 is 35.1 Å². The molecular formula is C25H29ClF3N5O3. The molecule has 4 amide bonds. The molecular weight excluding hydrogens is 511 g/mol. The molecule has 2 aromatic carbocycles. The summed E-state index contributed by atoms with van der Waals surface area (Å²) >= 11 is 5.91. The smallest absolute Gasteiger partial charge is 0.350 e. The number of anilines is 1. The first-order valence-electron chi connectivity index (χ1n) is 11.7. The maximum atomic E-state index is 13.2. The Morgan fingerprint density at radius 1 is 1.11 bits per heavy atom. The Kier molecular flexibility index (Phi) is 9.39. The number of alkyl halides is 3. The van der Waals surface area contributed by atoms with Crippen LogP contribution in [0.15, 0.2) is 42.5 Å². The lowest BCUT2D eigenvalue weighted by atomic mass is 10.1. The monoisotopic (exact) mass is 539 g/mol. The zero-order valence-corrected chi connectivity index (χ0v) is 21.2. The van der Waals surface area contributed by atoms with Crippen molar-refractivity contribution in [1.82, 2.24) is 20.9 Å². The molecule has 4 N–H and O–H groups in total. The zero-order valence-electron chi connectivity index (χ0n) is 20.4. The number of halogens is 4. The number of amides is 4. The number of hydrogen-bond acceptors (Lipinski definition) is 4. The molecule has 1 atom stereocenters. The minimum atomic E-state index is -4.69. The molecule has 0 aromatic heterocycles. The molecule has 1 aliphatic rings. The molecule has 0 spiro atoms. The summed E-state index contributed by atoms with van der Waals surface area (Å²) in [4.78, 5) is 39.4. The number of carbonyl (C=O) groups is 3. The normalized spacial score (nSPS) is 15.9. The average molecular weight is 540 g/mol. The van der Waals surface area contributed by atoms with Crippen LogP contribution in [0.3, 0.4) is 0 Å². The quantitative estimate of drug-likeness (QED) is 0.407. The van der Waals surface area contributed by atoms with E-state index in [2.05, 4.69) is 26.2 Å². The van der Waals surface area contributed by atoms with Gasteiger partial charge < -0.3 is 21.3 Å². The van der Waals surface area contributed by atoms with Crippen molar-refractivity contribution in [1.29, 1.82) is 0 Å². The van der Waals surface area contributed by atoms with Crippen LogP contribution in [-0.4, -0.2) is 54.5 Å². The van der Waals surface area contributed by atoms with E-state index < -0.39 is 41.7 Å². The van der Waals surface area contributed by atoms with E-state index in [1.165, 1.54) is 0 Å². The molecule has 37 heavy (non-hydrogen) atoms. The first kappa shape index (κ1) is 28.3. The van der Waals surface area contributed by atoms with Gasteiger partial charge in [0, 0.05) is 36.7 Å². The summed E-state index contributed by atoms with van der Waals surface area (Å²) in [5.74, 6) is -1.39. The molecule has 8 nitrogen and oxygen atoms in total. The minimum Gasteiger partial charge on any atom is -0.350 e. The topological polar surface area (TPSA) is 103 Å². The second-order valence-electron chi connectivity index (χ2n) is 9.11. The lowest BCUT2D eigenvalue weighted by Gasteiger charge is -2.18. The van der Waals surface area contributed by atoms with E-state index in [0.717, 1.165) is 30.7 Å². The van der Waals surface area contributed by atoms with E-state index in [0.29, 0.717) is 24.2 Å². The summed E-state index contributed by atoms with van der Waals surface area (Å²) in [6, 6.07) is 8.90. The highest BCUT2D eigenvalue weighted by Crippen LogP contribution is 2.32. The summed E-state index contributed by atoms with van der Waals surface area (Å²) in [5.41, 5.74) is -0.478. The van der Waals surface area contributed by atoms with Crippen molar-refractivity contribution in [2.24, 2.45) is 0 Å². The fourth-order valence-electron chi connectivity index (χ4n) is 3.91. The summed E-state index contributed by atoms with van der Waals surface area (Å²) in [6.07, 6.45) is -3.97. The Labute approximate surface area is 217 Å². The molecule has 0 radical (unpaired) electrons. The Hall–Kier alpha value is -3.31. The fourth-order valence-corrected chi connectivity index (χ4v) is 4.04. The van der Waals surface area contributed by atoms with Gasteiger partial charge in [-0.15, -0.1) is 0 Å². The number of likely N-dealkylation sites (tertiary alicyclic amines) is 1. The van der Waals surface area contributed by atoms with Gasteiger partial charge in [-0.1, -0.05) is 23.7 Å². The first-order valence-corrected chi connectivity index (χ1v) is 12.1. The Bertz CT molecular complexity index is 1130. The predicted octanol–water partition coefficient (Wildman–Crippen LogP) is 4.01. The highest BCUT2D eigenvalue weighted by Gasteiger charge is 2.32. The van der Waals surface area contributed by atoms with Gasteiger partial charge in [-0.25, -0.2) is 4.79 Å². The average Bonchev–Trinajstić information content (AvgIpc) is 3.24. The van der Waals surface area contributed by atoms with E-state index in [9.17, 15) is 27.6 Å². The lowest BCUT2D eigenvalue weighted by Crippen LogP contribution is -2.43. The van der Waals surface area contributed by atoms with Crippen LogP contribution in [0.25, 0.3) is 0 Å². The predicted molar refractivity (Wildman–Crippen MR) is 134 cm³/mol. The number of carbonyl (C=O) groups excluding carboxylic acids is 3. The molecule has 2 aromatic rings. The van der Waals surface area contributed by atoms with Gasteiger partial charge in [0.1, 0.15) is 0 Å². The van der Waals surface area contributed by atoms with Crippen LogP contribution in [0, 0.1) is 0 Å². The highest BCUT2D eigenvalue weighted by atomic mass is 35.5. The van der Waals surface area contributed by atoms with E-state index in [1.807, 2.05) is 24.3 Å². The summed E-state index contributed by atoms with van der Waals surface area (Å²) < 4.78 is 39.7. The van der Waals surface area contributed by atoms with E-state index in [-0.39, 0.29) is 17.8 Å². The maximum absolute atomic E-state index is 13.2. The van der Waals surface area contributed by atoms with Gasteiger partial charge in [0.05, 0.1) is 23.4 Å². The van der Waals surface area contributed by atoms with Crippen LogP contribution in [0.4, 0.5) is 23.7 Å². The molecule has 1 aliphatic heterocycles. The van der Waals surface area contributed by atoms with E-state index in [4.69, 9.17) is 11.6 Å². The number of benzene rings is 2. The molecule has 200 valence electrons. The molecule has 0 saturated carbocycles. The fraction of sp³-hybridized carbons (Fsp3) is 0.400. The van der Waals surface area contributed by atoms with Crippen LogP contribution >= 0.6 is 11.6 Å². The molecule has 12 heteroatoms. The molecule has 0 unspecified atom stereocenters. The third-order valence-corrected chi connectivity index (χ3v) is 5.88. The largest absolute Gasteiger partial charge is 0.416 e. The van der Waals surface area contributed by atoms with Gasteiger partial charge in [0.2, 0.25) is 5.91 Å². The Balaban J connectivity index is 1.57. The van der Waals surface area contributed by atoms with Crippen LogP contribution in [0.5, 0.6) is 0 Å². The Morgan fingerprint density at radius 3 is 2.46 bits per heavy atom. The minimum absolute atomic E-state index is 0.113. The number of urea groups is 1. The number of nitrogens with one attached hydrogen (secondary N) is 4. The van der Waals surface area contributed by atoms with E-state index >= 15 is 0 Å². The first-order chi connectivity index (χ1) is 17.4. The molecule has 3 rings (SSSR count). The van der Waals surface area contributed by atoms with Crippen LogP contribution in [-0.2, 0) is 17.5 Å². The highest BCUT2D eigenvalue weighted by molar-refractivity contribution is 6.30. The third-order valence-electron chi connectivity index (χ3n) is 5.63. The molecule has 0 aliphatic carbocycles.